The van der Waals surface area contributed by atoms with Crippen LogP contribution in [0.4, 0.5) is 0 Å². The second kappa shape index (κ2) is 7.70. The number of nitrogens with zero attached hydrogens (tertiary/aromatic N) is 1. The molecule has 120 valence electrons. The molecule has 2 rings (SSSR count). The Bertz CT molecular complexity index is 620. The molecule has 1 heterocycles. The largest absolute Gasteiger partial charge is 0.350 e. The lowest BCUT2D eigenvalue weighted by molar-refractivity contribution is -0.0629. The Morgan fingerprint density at radius 2 is 2.05 bits per heavy atom. The summed E-state index contributed by atoms with van der Waals surface area (Å²) in [6.07, 6.45) is 0.745. The van der Waals surface area contributed by atoms with Gasteiger partial charge in [0.15, 0.2) is 6.29 Å². The average molecular weight is 325 g/mol. The van der Waals surface area contributed by atoms with Gasteiger partial charge in [0.2, 0.25) is 0 Å². The van der Waals surface area contributed by atoms with Gasteiger partial charge in [0.05, 0.1) is 30.3 Å². The highest BCUT2D eigenvalue weighted by atomic mass is 32.2. The minimum absolute atomic E-state index is 0.0369. The van der Waals surface area contributed by atoms with E-state index in [1.807, 2.05) is 13.0 Å². The number of hydrogen-bond acceptors (Lipinski definition) is 6. The molecule has 1 saturated heterocycles. The molecule has 1 fully saturated rings. The molecule has 1 aromatic rings. The van der Waals surface area contributed by atoms with Gasteiger partial charge in [0.1, 0.15) is 0 Å². The molecule has 1 aromatic carbocycles. The van der Waals surface area contributed by atoms with E-state index in [0.717, 1.165) is 5.56 Å². The number of ether oxygens (including phenoxy) is 2. The SMILES string of the molecule is Cc1ccc(S(=O)(=O)OCCC2COC(CCC#N)O2)cc1. The first kappa shape index (κ1) is 16.9. The second-order valence-electron chi connectivity index (χ2n) is 5.10. The van der Waals surface area contributed by atoms with Crippen LogP contribution in [0.3, 0.4) is 0 Å². The van der Waals surface area contributed by atoms with Crippen LogP contribution in [0.5, 0.6) is 0 Å². The van der Waals surface area contributed by atoms with Crippen molar-refractivity contribution in [2.75, 3.05) is 13.2 Å². The molecule has 0 amide bonds. The molecule has 0 bridgehead atoms. The quantitative estimate of drug-likeness (QED) is 0.714. The van der Waals surface area contributed by atoms with Gasteiger partial charge in [0, 0.05) is 19.3 Å². The Hall–Kier alpha value is -1.46. The van der Waals surface area contributed by atoms with Gasteiger partial charge in [-0.1, -0.05) is 17.7 Å². The number of hydrogen-bond donors (Lipinski definition) is 0. The maximum Gasteiger partial charge on any atom is 0.296 e. The summed E-state index contributed by atoms with van der Waals surface area (Å²) in [5, 5.41) is 8.50. The standard InChI is InChI=1S/C15H19NO5S/c1-12-4-6-14(7-5-12)22(17,18)20-10-8-13-11-19-15(21-13)3-2-9-16/h4-7,13,15H,2-3,8,10-11H2,1H3. The summed E-state index contributed by atoms with van der Waals surface area (Å²) in [6.45, 7) is 2.32. The molecule has 1 aliphatic rings. The van der Waals surface area contributed by atoms with Crippen molar-refractivity contribution >= 4 is 10.1 Å². The molecular weight excluding hydrogens is 306 g/mol. The number of nitriles is 1. The second-order valence-corrected chi connectivity index (χ2v) is 6.71. The summed E-state index contributed by atoms with van der Waals surface area (Å²) >= 11 is 0. The van der Waals surface area contributed by atoms with E-state index in [1.165, 1.54) is 12.1 Å². The molecule has 7 heteroatoms. The predicted molar refractivity (Wildman–Crippen MR) is 78.4 cm³/mol. The van der Waals surface area contributed by atoms with Crippen LogP contribution < -0.4 is 0 Å². The van der Waals surface area contributed by atoms with Crippen LogP contribution in [0.2, 0.25) is 0 Å². The summed E-state index contributed by atoms with van der Waals surface area (Å²) in [6, 6.07) is 8.53. The molecule has 0 aliphatic carbocycles. The predicted octanol–water partition coefficient (Wildman–Crippen LogP) is 2.14. The number of rotatable bonds is 7. The van der Waals surface area contributed by atoms with E-state index in [1.54, 1.807) is 12.1 Å². The molecule has 0 saturated carbocycles. The first-order valence-electron chi connectivity index (χ1n) is 7.11. The highest BCUT2D eigenvalue weighted by Gasteiger charge is 2.26. The number of aryl methyl sites for hydroxylation is 1. The van der Waals surface area contributed by atoms with Gasteiger partial charge in [-0.25, -0.2) is 0 Å². The first-order chi connectivity index (χ1) is 10.5. The Kier molecular flexibility index (Phi) is 5.91. The molecule has 0 aromatic heterocycles. The maximum atomic E-state index is 12.0. The molecule has 6 nitrogen and oxygen atoms in total. The minimum atomic E-state index is -3.74. The van der Waals surface area contributed by atoms with Gasteiger partial charge in [-0.05, 0) is 19.1 Å². The van der Waals surface area contributed by atoms with Crippen molar-refractivity contribution in [2.24, 2.45) is 0 Å². The zero-order valence-electron chi connectivity index (χ0n) is 12.4. The minimum Gasteiger partial charge on any atom is -0.350 e. The summed E-state index contributed by atoms with van der Waals surface area (Å²) in [5.41, 5.74) is 0.985. The van der Waals surface area contributed by atoms with Crippen LogP contribution in [0.1, 0.15) is 24.8 Å². The summed E-state index contributed by atoms with van der Waals surface area (Å²) in [5.74, 6) is 0. The normalized spacial score (nSPS) is 21.6. The van der Waals surface area contributed by atoms with Crippen LogP contribution in [0, 0.1) is 18.3 Å². The molecule has 2 unspecified atom stereocenters. The van der Waals surface area contributed by atoms with Crippen molar-refractivity contribution in [3.8, 4) is 6.07 Å². The van der Waals surface area contributed by atoms with Crippen molar-refractivity contribution in [2.45, 2.75) is 43.5 Å². The van der Waals surface area contributed by atoms with E-state index in [2.05, 4.69) is 0 Å². The van der Waals surface area contributed by atoms with Gasteiger partial charge in [-0.2, -0.15) is 13.7 Å². The lowest BCUT2D eigenvalue weighted by Gasteiger charge is -2.10. The van der Waals surface area contributed by atoms with Crippen LogP contribution in [-0.2, 0) is 23.8 Å². The zero-order chi connectivity index (χ0) is 16.0. The van der Waals surface area contributed by atoms with E-state index in [9.17, 15) is 8.42 Å². The summed E-state index contributed by atoms with van der Waals surface area (Å²) < 4.78 is 39.9. The molecule has 22 heavy (non-hydrogen) atoms. The lowest BCUT2D eigenvalue weighted by Crippen LogP contribution is -2.17. The molecule has 1 aliphatic heterocycles. The highest BCUT2D eigenvalue weighted by Crippen LogP contribution is 2.19. The summed E-state index contributed by atoms with van der Waals surface area (Å²) in [4.78, 5) is 0.147. The summed E-state index contributed by atoms with van der Waals surface area (Å²) in [7, 11) is -3.74. The lowest BCUT2D eigenvalue weighted by atomic mass is 10.2. The monoisotopic (exact) mass is 325 g/mol. The Balaban J connectivity index is 1.77. The molecule has 0 N–H and O–H groups in total. The molecule has 2 atom stereocenters. The first-order valence-corrected chi connectivity index (χ1v) is 8.52. The van der Waals surface area contributed by atoms with Gasteiger partial charge in [-0.3, -0.25) is 4.18 Å². The highest BCUT2D eigenvalue weighted by molar-refractivity contribution is 7.86. The van der Waals surface area contributed by atoms with Crippen LogP contribution in [0.15, 0.2) is 29.2 Å². The fourth-order valence-electron chi connectivity index (χ4n) is 2.06. The van der Waals surface area contributed by atoms with Crippen molar-refractivity contribution < 1.29 is 22.1 Å². The van der Waals surface area contributed by atoms with E-state index in [-0.39, 0.29) is 23.9 Å². The Labute approximate surface area is 130 Å². The van der Waals surface area contributed by atoms with Crippen molar-refractivity contribution in [1.82, 2.24) is 0 Å². The van der Waals surface area contributed by atoms with E-state index in [0.29, 0.717) is 25.9 Å². The maximum absolute atomic E-state index is 12.0. The third kappa shape index (κ3) is 4.78. The van der Waals surface area contributed by atoms with Crippen LogP contribution in [0.25, 0.3) is 0 Å². The van der Waals surface area contributed by atoms with Gasteiger partial charge < -0.3 is 9.47 Å². The smallest absolute Gasteiger partial charge is 0.296 e. The zero-order valence-corrected chi connectivity index (χ0v) is 13.2. The van der Waals surface area contributed by atoms with Crippen LogP contribution in [-0.4, -0.2) is 34.0 Å². The van der Waals surface area contributed by atoms with Crippen molar-refractivity contribution in [3.63, 3.8) is 0 Å². The Morgan fingerprint density at radius 3 is 2.73 bits per heavy atom. The molecule has 0 radical (unpaired) electrons. The fourth-order valence-corrected chi connectivity index (χ4v) is 2.98. The third-order valence-electron chi connectivity index (χ3n) is 3.29. The molecule has 0 spiro atoms. The topological polar surface area (TPSA) is 85.6 Å². The third-order valence-corrected chi connectivity index (χ3v) is 4.62. The molecular formula is C15H19NO5S. The van der Waals surface area contributed by atoms with E-state index < -0.39 is 10.1 Å². The van der Waals surface area contributed by atoms with E-state index >= 15 is 0 Å². The van der Waals surface area contributed by atoms with Crippen LogP contribution >= 0.6 is 0 Å². The van der Waals surface area contributed by atoms with Crippen molar-refractivity contribution in [3.05, 3.63) is 29.8 Å². The van der Waals surface area contributed by atoms with Gasteiger partial charge in [-0.15, -0.1) is 0 Å². The average Bonchev–Trinajstić information content (AvgIpc) is 2.93. The van der Waals surface area contributed by atoms with E-state index in [4.69, 9.17) is 18.9 Å². The Morgan fingerprint density at radius 1 is 1.32 bits per heavy atom. The van der Waals surface area contributed by atoms with Gasteiger partial charge >= 0.3 is 0 Å². The fraction of sp³-hybridized carbons (Fsp3) is 0.533. The number of benzene rings is 1. The van der Waals surface area contributed by atoms with Gasteiger partial charge in [0.25, 0.3) is 10.1 Å². The van der Waals surface area contributed by atoms with Crippen molar-refractivity contribution in [1.29, 1.82) is 5.26 Å².